The largest absolute Gasteiger partial charge is 0.326 e. The van der Waals surface area contributed by atoms with Crippen LogP contribution in [-0.2, 0) is 14.8 Å². The van der Waals surface area contributed by atoms with Crippen LogP contribution in [0.4, 0.5) is 14.5 Å². The number of rotatable bonds is 4. The Morgan fingerprint density at radius 1 is 1.18 bits per heavy atom. The predicted molar refractivity (Wildman–Crippen MR) is 103 cm³/mol. The number of nitrogens with one attached hydrogen (secondary N) is 1. The fourth-order valence-corrected chi connectivity index (χ4v) is 4.87. The lowest BCUT2D eigenvalue weighted by Gasteiger charge is -2.30. The minimum absolute atomic E-state index is 0.0465. The number of amides is 1. The molecule has 1 amide bonds. The Hall–Kier alpha value is -2.03. The summed E-state index contributed by atoms with van der Waals surface area (Å²) in [6, 6.07) is 7.52. The Kier molecular flexibility index (Phi) is 6.02. The van der Waals surface area contributed by atoms with Crippen LogP contribution in [0.5, 0.6) is 0 Å². The van der Waals surface area contributed by atoms with Gasteiger partial charge in [-0.2, -0.15) is 4.31 Å². The summed E-state index contributed by atoms with van der Waals surface area (Å²) in [6.45, 7) is 1.89. The number of nitrogens with zero attached hydrogens (tertiary/aromatic N) is 1. The lowest BCUT2D eigenvalue weighted by Crippen LogP contribution is -2.41. The summed E-state index contributed by atoms with van der Waals surface area (Å²) in [5.41, 5.74) is 1.36. The smallest absolute Gasteiger partial charge is 0.246 e. The molecular formula is C19H19ClF2N2O3S. The van der Waals surface area contributed by atoms with Crippen molar-refractivity contribution in [2.24, 2.45) is 5.92 Å². The summed E-state index contributed by atoms with van der Waals surface area (Å²) in [5.74, 6) is -2.44. The normalized spacial score (nSPS) is 16.1. The molecule has 150 valence electrons. The molecule has 2 aromatic rings. The van der Waals surface area contributed by atoms with Crippen molar-refractivity contribution in [3.63, 3.8) is 0 Å². The van der Waals surface area contributed by atoms with Gasteiger partial charge in [0, 0.05) is 29.7 Å². The molecule has 0 radical (unpaired) electrons. The molecule has 28 heavy (non-hydrogen) atoms. The second-order valence-electron chi connectivity index (χ2n) is 6.65. The van der Waals surface area contributed by atoms with Crippen LogP contribution in [0.15, 0.2) is 41.3 Å². The summed E-state index contributed by atoms with van der Waals surface area (Å²) < 4.78 is 53.6. The summed E-state index contributed by atoms with van der Waals surface area (Å²) in [7, 11) is -4.17. The first-order valence-electron chi connectivity index (χ1n) is 8.71. The van der Waals surface area contributed by atoms with E-state index in [1.165, 1.54) is 0 Å². The van der Waals surface area contributed by atoms with Crippen LogP contribution in [-0.4, -0.2) is 31.7 Å². The minimum Gasteiger partial charge on any atom is -0.326 e. The van der Waals surface area contributed by atoms with Gasteiger partial charge in [0.2, 0.25) is 15.9 Å². The average molecular weight is 429 g/mol. The Morgan fingerprint density at radius 3 is 2.54 bits per heavy atom. The Labute approximate surface area is 167 Å². The minimum atomic E-state index is -4.17. The van der Waals surface area contributed by atoms with E-state index in [0.717, 1.165) is 22.0 Å². The monoisotopic (exact) mass is 428 g/mol. The van der Waals surface area contributed by atoms with Crippen molar-refractivity contribution in [1.82, 2.24) is 4.31 Å². The van der Waals surface area contributed by atoms with E-state index in [1.807, 2.05) is 0 Å². The highest BCUT2D eigenvalue weighted by molar-refractivity contribution is 7.89. The van der Waals surface area contributed by atoms with Crippen molar-refractivity contribution < 1.29 is 22.0 Å². The van der Waals surface area contributed by atoms with Crippen LogP contribution >= 0.6 is 11.6 Å². The molecule has 1 heterocycles. The average Bonchev–Trinajstić information content (AvgIpc) is 2.67. The predicted octanol–water partition coefficient (Wildman–Crippen LogP) is 3.97. The third-order valence-electron chi connectivity index (χ3n) is 4.86. The molecule has 3 rings (SSSR count). The summed E-state index contributed by atoms with van der Waals surface area (Å²) in [5, 5.41) is 3.36. The Balaban J connectivity index is 1.67. The van der Waals surface area contributed by atoms with Gasteiger partial charge in [-0.3, -0.25) is 4.79 Å². The molecule has 0 unspecified atom stereocenters. The van der Waals surface area contributed by atoms with E-state index in [2.05, 4.69) is 5.32 Å². The molecule has 0 spiro atoms. The lowest BCUT2D eigenvalue weighted by atomic mass is 9.97. The zero-order valence-electron chi connectivity index (χ0n) is 15.1. The number of sulfonamides is 1. The second kappa shape index (κ2) is 8.14. The van der Waals surface area contributed by atoms with Crippen LogP contribution in [0.3, 0.4) is 0 Å². The zero-order chi connectivity index (χ0) is 20.5. The highest BCUT2D eigenvalue weighted by atomic mass is 35.5. The van der Waals surface area contributed by atoms with Gasteiger partial charge in [-0.05, 0) is 55.7 Å². The van der Waals surface area contributed by atoms with Crippen LogP contribution in [0, 0.1) is 24.5 Å². The molecule has 0 atom stereocenters. The van der Waals surface area contributed by atoms with Gasteiger partial charge in [0.1, 0.15) is 16.5 Å². The molecule has 0 bridgehead atoms. The van der Waals surface area contributed by atoms with Crippen LogP contribution in [0.25, 0.3) is 0 Å². The fraction of sp³-hybridized carbons (Fsp3) is 0.316. The molecule has 1 fully saturated rings. The third-order valence-corrected chi connectivity index (χ3v) is 7.18. The number of halogens is 3. The van der Waals surface area contributed by atoms with Gasteiger partial charge >= 0.3 is 0 Å². The maximum Gasteiger partial charge on any atom is 0.246 e. The third kappa shape index (κ3) is 4.19. The topological polar surface area (TPSA) is 66.5 Å². The SMILES string of the molecule is Cc1c(Cl)cccc1NC(=O)C1CCN(S(=O)(=O)c2cc(F)ccc2F)CC1. The number of hydrogen-bond donors (Lipinski definition) is 1. The Bertz CT molecular complexity index is 1010. The fourth-order valence-electron chi connectivity index (χ4n) is 3.15. The number of hydrogen-bond acceptors (Lipinski definition) is 3. The van der Waals surface area contributed by atoms with Crippen molar-refractivity contribution in [2.45, 2.75) is 24.7 Å². The van der Waals surface area contributed by atoms with E-state index in [1.54, 1.807) is 25.1 Å². The molecular weight excluding hydrogens is 410 g/mol. The van der Waals surface area contributed by atoms with Crippen molar-refractivity contribution in [3.05, 3.63) is 58.6 Å². The quantitative estimate of drug-likeness (QED) is 0.801. The molecule has 0 saturated carbocycles. The molecule has 9 heteroatoms. The molecule has 1 saturated heterocycles. The standard InChI is InChI=1S/C19H19ClF2N2O3S/c1-12-15(20)3-2-4-17(12)23-19(25)13-7-9-24(10-8-13)28(26,27)18-11-14(21)5-6-16(18)22/h2-6,11,13H,7-10H2,1H3,(H,23,25). The maximum absolute atomic E-state index is 13.9. The van der Waals surface area contributed by atoms with E-state index in [9.17, 15) is 22.0 Å². The first kappa shape index (κ1) is 20.7. The van der Waals surface area contributed by atoms with Gasteiger partial charge in [0.25, 0.3) is 0 Å². The van der Waals surface area contributed by atoms with Gasteiger partial charge in [0.15, 0.2) is 0 Å². The van der Waals surface area contributed by atoms with Gasteiger partial charge in [-0.15, -0.1) is 0 Å². The molecule has 5 nitrogen and oxygen atoms in total. The molecule has 0 aliphatic carbocycles. The van der Waals surface area contributed by atoms with E-state index in [4.69, 9.17) is 11.6 Å². The van der Waals surface area contributed by atoms with Crippen LogP contribution in [0.2, 0.25) is 5.02 Å². The van der Waals surface area contributed by atoms with E-state index in [0.29, 0.717) is 16.8 Å². The molecule has 1 N–H and O–H groups in total. The van der Waals surface area contributed by atoms with Gasteiger partial charge in [0.05, 0.1) is 0 Å². The highest BCUT2D eigenvalue weighted by Gasteiger charge is 2.34. The van der Waals surface area contributed by atoms with Crippen molar-refractivity contribution >= 4 is 33.2 Å². The molecule has 1 aliphatic heterocycles. The van der Waals surface area contributed by atoms with Crippen LogP contribution in [0.1, 0.15) is 18.4 Å². The van der Waals surface area contributed by atoms with E-state index >= 15 is 0 Å². The second-order valence-corrected chi connectivity index (χ2v) is 8.97. The Morgan fingerprint density at radius 2 is 1.86 bits per heavy atom. The maximum atomic E-state index is 13.9. The van der Waals surface area contributed by atoms with E-state index in [-0.39, 0.29) is 37.8 Å². The summed E-state index contributed by atoms with van der Waals surface area (Å²) in [6.07, 6.45) is 0.559. The van der Waals surface area contributed by atoms with E-state index < -0.39 is 26.6 Å². The first-order chi connectivity index (χ1) is 13.2. The first-order valence-corrected chi connectivity index (χ1v) is 10.5. The number of anilines is 1. The number of piperidine rings is 1. The molecule has 0 aromatic heterocycles. The molecule has 2 aromatic carbocycles. The van der Waals surface area contributed by atoms with Crippen molar-refractivity contribution in [1.29, 1.82) is 0 Å². The number of carbonyl (C=O) groups is 1. The van der Waals surface area contributed by atoms with Crippen LogP contribution < -0.4 is 5.32 Å². The molecule has 1 aliphatic rings. The number of benzene rings is 2. The lowest BCUT2D eigenvalue weighted by molar-refractivity contribution is -0.120. The van der Waals surface area contributed by atoms with Gasteiger partial charge < -0.3 is 5.32 Å². The van der Waals surface area contributed by atoms with Gasteiger partial charge in [-0.25, -0.2) is 17.2 Å². The highest BCUT2D eigenvalue weighted by Crippen LogP contribution is 2.28. The van der Waals surface area contributed by atoms with Crippen molar-refractivity contribution in [2.75, 3.05) is 18.4 Å². The number of carbonyl (C=O) groups excluding carboxylic acids is 1. The summed E-state index contributed by atoms with van der Waals surface area (Å²) >= 11 is 6.05. The summed E-state index contributed by atoms with van der Waals surface area (Å²) in [4.78, 5) is 11.8. The zero-order valence-corrected chi connectivity index (χ0v) is 16.7. The van der Waals surface area contributed by atoms with Crippen molar-refractivity contribution in [3.8, 4) is 0 Å². The van der Waals surface area contributed by atoms with Gasteiger partial charge in [-0.1, -0.05) is 17.7 Å².